The molecular weight excluding hydrogens is 502 g/mol. The SMILES string of the molecule is CCc1c(C(=O)N[C@@H](CNC(=O)c2cccs2)C(=O)O)c2ccccc2n(CCCc2ccccc2)c1=O. The summed E-state index contributed by atoms with van der Waals surface area (Å²) < 4.78 is 1.70. The fraction of sp³-hybridized carbons (Fsp3) is 0.241. The largest absolute Gasteiger partial charge is 0.480 e. The second-order valence-corrected chi connectivity index (χ2v) is 9.77. The number of fused-ring (bicyclic) bond motifs is 1. The van der Waals surface area contributed by atoms with Crippen LogP contribution in [-0.2, 0) is 24.2 Å². The number of carboxylic acid groups (broad SMARTS) is 1. The lowest BCUT2D eigenvalue weighted by Crippen LogP contribution is -2.49. The molecule has 2 heterocycles. The first-order valence-electron chi connectivity index (χ1n) is 12.4. The maximum Gasteiger partial charge on any atom is 0.328 e. The van der Waals surface area contributed by atoms with Crippen molar-refractivity contribution in [1.29, 1.82) is 0 Å². The molecule has 9 heteroatoms. The number of carbonyl (C=O) groups is 3. The highest BCUT2D eigenvalue weighted by molar-refractivity contribution is 7.12. The van der Waals surface area contributed by atoms with Gasteiger partial charge in [0.2, 0.25) is 0 Å². The van der Waals surface area contributed by atoms with Crippen molar-refractivity contribution in [3.63, 3.8) is 0 Å². The van der Waals surface area contributed by atoms with E-state index < -0.39 is 23.8 Å². The second-order valence-electron chi connectivity index (χ2n) is 8.82. The van der Waals surface area contributed by atoms with Gasteiger partial charge in [-0.15, -0.1) is 11.3 Å². The summed E-state index contributed by atoms with van der Waals surface area (Å²) >= 11 is 1.23. The van der Waals surface area contributed by atoms with Gasteiger partial charge in [-0.3, -0.25) is 14.4 Å². The number of carbonyl (C=O) groups excluding carboxylic acids is 2. The minimum absolute atomic E-state index is 0.170. The molecule has 4 rings (SSSR count). The molecule has 0 aliphatic heterocycles. The summed E-state index contributed by atoms with van der Waals surface area (Å²) in [5, 5.41) is 17.1. The molecule has 2 aromatic carbocycles. The molecule has 0 fully saturated rings. The molecular formula is C29H29N3O5S. The van der Waals surface area contributed by atoms with Crippen molar-refractivity contribution in [3.8, 4) is 0 Å². The lowest BCUT2D eigenvalue weighted by molar-refractivity contribution is -0.139. The van der Waals surface area contributed by atoms with Gasteiger partial charge in [-0.05, 0) is 42.3 Å². The number of aryl methyl sites for hydroxylation is 2. The van der Waals surface area contributed by atoms with Gasteiger partial charge in [0.05, 0.1) is 16.0 Å². The number of carboxylic acids is 1. The summed E-state index contributed by atoms with van der Waals surface area (Å²) in [6, 6.07) is 19.2. The number of amides is 2. The summed E-state index contributed by atoms with van der Waals surface area (Å²) in [5.74, 6) is -2.37. The molecule has 38 heavy (non-hydrogen) atoms. The van der Waals surface area contributed by atoms with Gasteiger partial charge in [0.15, 0.2) is 0 Å². The molecule has 1 atom stereocenters. The molecule has 0 aliphatic carbocycles. The van der Waals surface area contributed by atoms with Gasteiger partial charge in [0.25, 0.3) is 17.4 Å². The highest BCUT2D eigenvalue weighted by Crippen LogP contribution is 2.22. The lowest BCUT2D eigenvalue weighted by atomic mass is 9.99. The van der Waals surface area contributed by atoms with Crippen LogP contribution in [0.5, 0.6) is 0 Å². The number of hydrogen-bond donors (Lipinski definition) is 3. The molecule has 8 nitrogen and oxygen atoms in total. The molecule has 3 N–H and O–H groups in total. The van der Waals surface area contributed by atoms with E-state index in [1.54, 1.807) is 47.2 Å². The summed E-state index contributed by atoms with van der Waals surface area (Å²) in [5.41, 5.74) is 2.03. The average molecular weight is 532 g/mol. The van der Waals surface area contributed by atoms with Gasteiger partial charge in [-0.25, -0.2) is 4.79 Å². The molecule has 196 valence electrons. The Kier molecular flexibility index (Phi) is 8.70. The second kappa shape index (κ2) is 12.3. The summed E-state index contributed by atoms with van der Waals surface area (Å²) in [6.07, 6.45) is 1.86. The third kappa shape index (κ3) is 6.00. The zero-order chi connectivity index (χ0) is 27.1. The number of thiophene rings is 1. The summed E-state index contributed by atoms with van der Waals surface area (Å²) in [4.78, 5) is 51.6. The molecule has 0 radical (unpaired) electrons. The number of hydrogen-bond acceptors (Lipinski definition) is 5. The van der Waals surface area contributed by atoms with Gasteiger partial charge < -0.3 is 20.3 Å². The topological polar surface area (TPSA) is 118 Å². The Morgan fingerprint density at radius 3 is 2.39 bits per heavy atom. The predicted molar refractivity (Wildman–Crippen MR) is 148 cm³/mol. The van der Waals surface area contributed by atoms with Crippen molar-refractivity contribution < 1.29 is 19.5 Å². The Bertz CT molecular complexity index is 1500. The molecule has 2 amide bonds. The van der Waals surface area contributed by atoms with Gasteiger partial charge in [0, 0.05) is 24.0 Å². The molecule has 2 aromatic heterocycles. The Hall–Kier alpha value is -4.24. The van der Waals surface area contributed by atoms with Crippen LogP contribution in [0.25, 0.3) is 10.9 Å². The summed E-state index contributed by atoms with van der Waals surface area (Å²) in [7, 11) is 0. The van der Waals surface area contributed by atoms with E-state index in [1.807, 2.05) is 36.4 Å². The first-order chi connectivity index (χ1) is 18.4. The first-order valence-corrected chi connectivity index (χ1v) is 13.3. The third-order valence-electron chi connectivity index (χ3n) is 6.36. The predicted octanol–water partition coefficient (Wildman–Crippen LogP) is 3.87. The average Bonchev–Trinajstić information content (AvgIpc) is 3.47. The third-order valence-corrected chi connectivity index (χ3v) is 7.22. The van der Waals surface area contributed by atoms with Crippen molar-refractivity contribution in [2.24, 2.45) is 0 Å². The number of benzene rings is 2. The smallest absolute Gasteiger partial charge is 0.328 e. The Morgan fingerprint density at radius 2 is 1.71 bits per heavy atom. The molecule has 0 saturated heterocycles. The number of para-hydroxylation sites is 1. The minimum atomic E-state index is -1.37. The zero-order valence-corrected chi connectivity index (χ0v) is 21.8. The van der Waals surface area contributed by atoms with Crippen molar-refractivity contribution in [3.05, 3.63) is 104 Å². The number of aliphatic carboxylic acids is 1. The number of nitrogens with zero attached hydrogens (tertiary/aromatic N) is 1. The quantitative estimate of drug-likeness (QED) is 0.272. The van der Waals surface area contributed by atoms with E-state index in [4.69, 9.17) is 0 Å². The number of pyridine rings is 1. The van der Waals surface area contributed by atoms with Crippen molar-refractivity contribution >= 4 is 40.0 Å². The lowest BCUT2D eigenvalue weighted by Gasteiger charge is -2.20. The van der Waals surface area contributed by atoms with Crippen LogP contribution in [0.1, 0.15) is 44.5 Å². The zero-order valence-electron chi connectivity index (χ0n) is 21.0. The summed E-state index contributed by atoms with van der Waals surface area (Å²) in [6.45, 7) is 1.98. The van der Waals surface area contributed by atoms with E-state index in [-0.39, 0.29) is 17.7 Å². The van der Waals surface area contributed by atoms with Crippen LogP contribution in [-0.4, -0.2) is 40.0 Å². The maximum atomic E-state index is 13.6. The number of rotatable bonds is 11. The van der Waals surface area contributed by atoms with Crippen LogP contribution in [0, 0.1) is 0 Å². The van der Waals surface area contributed by atoms with E-state index in [0.717, 1.165) is 12.8 Å². The van der Waals surface area contributed by atoms with Gasteiger partial charge in [0.1, 0.15) is 6.04 Å². The Balaban J connectivity index is 1.60. The van der Waals surface area contributed by atoms with Crippen molar-refractivity contribution in [2.45, 2.75) is 38.8 Å². The first kappa shape index (κ1) is 26.8. The molecule has 0 spiro atoms. The van der Waals surface area contributed by atoms with Crippen LogP contribution in [0.4, 0.5) is 0 Å². The van der Waals surface area contributed by atoms with Crippen LogP contribution >= 0.6 is 11.3 Å². The monoisotopic (exact) mass is 531 g/mol. The van der Waals surface area contributed by atoms with Crippen LogP contribution in [0.15, 0.2) is 76.9 Å². The van der Waals surface area contributed by atoms with Gasteiger partial charge >= 0.3 is 5.97 Å². The molecule has 0 aliphatic rings. The van der Waals surface area contributed by atoms with Crippen LogP contribution < -0.4 is 16.2 Å². The fourth-order valence-corrected chi connectivity index (χ4v) is 5.12. The molecule has 0 saturated carbocycles. The van der Waals surface area contributed by atoms with E-state index in [0.29, 0.717) is 34.3 Å². The molecule has 0 bridgehead atoms. The van der Waals surface area contributed by atoms with E-state index >= 15 is 0 Å². The Morgan fingerprint density at radius 1 is 0.974 bits per heavy atom. The highest BCUT2D eigenvalue weighted by Gasteiger charge is 2.26. The maximum absolute atomic E-state index is 13.6. The fourth-order valence-electron chi connectivity index (χ4n) is 4.48. The minimum Gasteiger partial charge on any atom is -0.480 e. The number of nitrogens with one attached hydrogen (secondary N) is 2. The van der Waals surface area contributed by atoms with E-state index in [2.05, 4.69) is 10.6 Å². The number of aromatic nitrogens is 1. The van der Waals surface area contributed by atoms with E-state index in [1.165, 1.54) is 16.9 Å². The standard InChI is InChI=1S/C29H29N3O5S/c1-2-20-25(27(34)31-22(29(36)37)18-30-26(33)24-15-9-17-38-24)21-13-6-7-14-23(21)32(28(20)35)16-8-12-19-10-4-3-5-11-19/h3-7,9-11,13-15,17,22H,2,8,12,16,18H2,1H3,(H,30,33)(H,31,34)(H,36,37)/t22-/m0/s1. The van der Waals surface area contributed by atoms with Gasteiger partial charge in [-0.1, -0.05) is 61.5 Å². The molecule has 4 aromatic rings. The van der Waals surface area contributed by atoms with Crippen molar-refractivity contribution in [2.75, 3.05) is 6.54 Å². The normalized spacial score (nSPS) is 11.7. The molecule has 0 unspecified atom stereocenters. The Labute approximate surface area is 223 Å². The van der Waals surface area contributed by atoms with Gasteiger partial charge in [-0.2, -0.15) is 0 Å². The van der Waals surface area contributed by atoms with E-state index in [9.17, 15) is 24.3 Å². The highest BCUT2D eigenvalue weighted by atomic mass is 32.1. The van der Waals surface area contributed by atoms with Crippen molar-refractivity contribution in [1.82, 2.24) is 15.2 Å². The van der Waals surface area contributed by atoms with Crippen LogP contribution in [0.2, 0.25) is 0 Å². The van der Waals surface area contributed by atoms with Crippen LogP contribution in [0.3, 0.4) is 0 Å².